The molecule has 1 aromatic rings. The van der Waals surface area contributed by atoms with E-state index in [4.69, 9.17) is 5.73 Å². The van der Waals surface area contributed by atoms with Crippen LogP contribution in [0.5, 0.6) is 0 Å². The van der Waals surface area contributed by atoms with Gasteiger partial charge in [0.1, 0.15) is 6.33 Å². The van der Waals surface area contributed by atoms with Gasteiger partial charge in [0.05, 0.1) is 11.9 Å². The molecule has 0 aliphatic rings. The van der Waals surface area contributed by atoms with E-state index in [0.29, 0.717) is 5.69 Å². The third-order valence-electron chi connectivity index (χ3n) is 3.20. The molecular weight excluding hydrogens is 226 g/mol. The first kappa shape index (κ1) is 14.7. The summed E-state index contributed by atoms with van der Waals surface area (Å²) in [7, 11) is 0. The van der Waals surface area contributed by atoms with Crippen molar-refractivity contribution in [1.82, 2.24) is 14.9 Å². The van der Waals surface area contributed by atoms with Crippen molar-refractivity contribution in [3.05, 3.63) is 12.5 Å². The number of anilines is 2. The molecule has 0 unspecified atom stereocenters. The minimum Gasteiger partial charge on any atom is -0.394 e. The fourth-order valence-corrected chi connectivity index (χ4v) is 2.04. The van der Waals surface area contributed by atoms with Crippen molar-refractivity contribution in [1.29, 1.82) is 0 Å². The molecule has 0 bridgehead atoms. The first-order valence-electron chi connectivity index (χ1n) is 6.75. The smallest absolute Gasteiger partial charge is 0.155 e. The largest absolute Gasteiger partial charge is 0.394 e. The third-order valence-corrected chi connectivity index (χ3v) is 3.20. The fraction of sp³-hybridized carbons (Fsp3) is 0.692. The lowest BCUT2D eigenvalue weighted by molar-refractivity contribution is 0.300. The predicted octanol–water partition coefficient (Wildman–Crippen LogP) is 1.62. The zero-order valence-electron chi connectivity index (χ0n) is 11.8. The normalized spacial score (nSPS) is 10.9. The second-order valence-electron chi connectivity index (χ2n) is 4.26. The summed E-state index contributed by atoms with van der Waals surface area (Å²) >= 11 is 0. The van der Waals surface area contributed by atoms with E-state index in [1.807, 2.05) is 0 Å². The zero-order chi connectivity index (χ0) is 13.4. The Morgan fingerprint density at radius 1 is 1.11 bits per heavy atom. The van der Waals surface area contributed by atoms with Crippen LogP contribution in [0.3, 0.4) is 0 Å². The van der Waals surface area contributed by atoms with E-state index in [0.717, 1.165) is 45.0 Å². The standard InChI is InChI=1S/C13H25N5/c1-4-17(5-2)8-7-9-18(6-3)13-12(14)10-15-11-16-13/h10-11H,4-9,14H2,1-3H3. The van der Waals surface area contributed by atoms with E-state index in [2.05, 4.69) is 40.5 Å². The Bertz CT molecular complexity index is 338. The van der Waals surface area contributed by atoms with Crippen molar-refractivity contribution in [3.63, 3.8) is 0 Å². The summed E-state index contributed by atoms with van der Waals surface area (Å²) < 4.78 is 0. The monoisotopic (exact) mass is 251 g/mol. The van der Waals surface area contributed by atoms with Crippen LogP contribution in [-0.4, -0.2) is 47.6 Å². The van der Waals surface area contributed by atoms with Gasteiger partial charge in [-0.05, 0) is 33.0 Å². The van der Waals surface area contributed by atoms with Gasteiger partial charge < -0.3 is 15.5 Å². The van der Waals surface area contributed by atoms with E-state index in [-0.39, 0.29) is 0 Å². The number of hydrogen-bond acceptors (Lipinski definition) is 5. The van der Waals surface area contributed by atoms with E-state index in [1.165, 1.54) is 0 Å². The first-order valence-corrected chi connectivity index (χ1v) is 6.75. The maximum atomic E-state index is 5.90. The van der Waals surface area contributed by atoms with Gasteiger partial charge >= 0.3 is 0 Å². The number of nitrogens with two attached hydrogens (primary N) is 1. The molecule has 1 heterocycles. The summed E-state index contributed by atoms with van der Waals surface area (Å²) in [6.07, 6.45) is 4.34. The molecule has 5 heteroatoms. The summed E-state index contributed by atoms with van der Waals surface area (Å²) in [5.41, 5.74) is 6.56. The average molecular weight is 251 g/mol. The quantitative estimate of drug-likeness (QED) is 0.761. The van der Waals surface area contributed by atoms with Gasteiger partial charge in [0.25, 0.3) is 0 Å². The SMILES string of the molecule is CCN(CC)CCCN(CC)c1ncncc1N. The maximum absolute atomic E-state index is 5.90. The molecular formula is C13H25N5. The van der Waals surface area contributed by atoms with E-state index in [1.54, 1.807) is 12.5 Å². The molecule has 5 nitrogen and oxygen atoms in total. The minimum atomic E-state index is 0.655. The second-order valence-corrected chi connectivity index (χ2v) is 4.26. The highest BCUT2D eigenvalue weighted by atomic mass is 15.2. The number of aromatic nitrogens is 2. The molecule has 1 aromatic heterocycles. The van der Waals surface area contributed by atoms with Crippen molar-refractivity contribution in [3.8, 4) is 0 Å². The molecule has 18 heavy (non-hydrogen) atoms. The van der Waals surface area contributed by atoms with E-state index >= 15 is 0 Å². The Kier molecular flexibility index (Phi) is 6.43. The molecule has 0 spiro atoms. The van der Waals surface area contributed by atoms with Gasteiger partial charge in [-0.1, -0.05) is 13.8 Å². The van der Waals surface area contributed by atoms with Gasteiger partial charge in [-0.2, -0.15) is 0 Å². The number of rotatable bonds is 8. The Hall–Kier alpha value is -1.36. The van der Waals surface area contributed by atoms with Crippen LogP contribution in [0.2, 0.25) is 0 Å². The number of hydrogen-bond donors (Lipinski definition) is 1. The van der Waals surface area contributed by atoms with Crippen LogP contribution < -0.4 is 10.6 Å². The van der Waals surface area contributed by atoms with Gasteiger partial charge in [-0.15, -0.1) is 0 Å². The Labute approximate surface area is 110 Å². The van der Waals surface area contributed by atoms with Crippen molar-refractivity contribution in [2.75, 3.05) is 43.4 Å². The number of nitrogen functional groups attached to an aromatic ring is 1. The molecule has 0 aliphatic heterocycles. The van der Waals surface area contributed by atoms with Crippen LogP contribution in [0.1, 0.15) is 27.2 Å². The van der Waals surface area contributed by atoms with Gasteiger partial charge in [0, 0.05) is 13.1 Å². The van der Waals surface area contributed by atoms with Crippen molar-refractivity contribution >= 4 is 11.5 Å². The highest BCUT2D eigenvalue weighted by molar-refractivity contribution is 5.60. The summed E-state index contributed by atoms with van der Waals surface area (Å²) in [6, 6.07) is 0. The summed E-state index contributed by atoms with van der Waals surface area (Å²) in [6.45, 7) is 11.8. The molecule has 0 aromatic carbocycles. The zero-order valence-corrected chi connectivity index (χ0v) is 11.8. The van der Waals surface area contributed by atoms with Crippen LogP contribution in [0.4, 0.5) is 11.5 Å². The highest BCUT2D eigenvalue weighted by Crippen LogP contribution is 2.17. The van der Waals surface area contributed by atoms with Crippen molar-refractivity contribution in [2.45, 2.75) is 27.2 Å². The summed E-state index contributed by atoms with van der Waals surface area (Å²) in [4.78, 5) is 12.8. The van der Waals surface area contributed by atoms with Crippen molar-refractivity contribution < 1.29 is 0 Å². The topological polar surface area (TPSA) is 58.3 Å². The lowest BCUT2D eigenvalue weighted by Gasteiger charge is -2.25. The van der Waals surface area contributed by atoms with Gasteiger partial charge in [-0.25, -0.2) is 9.97 Å². The van der Waals surface area contributed by atoms with Crippen LogP contribution in [0.25, 0.3) is 0 Å². The van der Waals surface area contributed by atoms with Crippen LogP contribution in [0, 0.1) is 0 Å². The molecule has 0 saturated heterocycles. The lowest BCUT2D eigenvalue weighted by atomic mass is 10.3. The summed E-state index contributed by atoms with van der Waals surface area (Å²) in [5.74, 6) is 0.854. The number of nitrogens with zero attached hydrogens (tertiary/aromatic N) is 4. The molecule has 0 amide bonds. The molecule has 0 atom stereocenters. The van der Waals surface area contributed by atoms with Crippen LogP contribution in [-0.2, 0) is 0 Å². The minimum absolute atomic E-state index is 0.655. The van der Waals surface area contributed by atoms with Gasteiger partial charge in [0.2, 0.25) is 0 Å². The Morgan fingerprint density at radius 2 is 1.83 bits per heavy atom. The lowest BCUT2D eigenvalue weighted by Crippen LogP contribution is -2.30. The Morgan fingerprint density at radius 3 is 2.39 bits per heavy atom. The Balaban J connectivity index is 2.50. The van der Waals surface area contributed by atoms with Crippen LogP contribution in [0.15, 0.2) is 12.5 Å². The molecule has 0 fully saturated rings. The highest BCUT2D eigenvalue weighted by Gasteiger charge is 2.09. The third kappa shape index (κ3) is 4.14. The second kappa shape index (κ2) is 7.87. The van der Waals surface area contributed by atoms with Gasteiger partial charge in [-0.3, -0.25) is 0 Å². The van der Waals surface area contributed by atoms with Crippen molar-refractivity contribution in [2.24, 2.45) is 0 Å². The first-order chi connectivity index (χ1) is 8.72. The van der Waals surface area contributed by atoms with Crippen LogP contribution >= 0.6 is 0 Å². The fourth-order valence-electron chi connectivity index (χ4n) is 2.04. The molecule has 0 saturated carbocycles. The van der Waals surface area contributed by atoms with E-state index in [9.17, 15) is 0 Å². The van der Waals surface area contributed by atoms with Gasteiger partial charge in [0.15, 0.2) is 5.82 Å². The molecule has 2 N–H and O–H groups in total. The summed E-state index contributed by atoms with van der Waals surface area (Å²) in [5, 5.41) is 0. The predicted molar refractivity (Wildman–Crippen MR) is 76.7 cm³/mol. The van der Waals surface area contributed by atoms with E-state index < -0.39 is 0 Å². The molecule has 102 valence electrons. The molecule has 0 radical (unpaired) electrons. The average Bonchev–Trinajstić information content (AvgIpc) is 2.40. The molecule has 1 rings (SSSR count). The maximum Gasteiger partial charge on any atom is 0.155 e. The molecule has 0 aliphatic carbocycles.